The molecular weight excluding hydrogens is 418 g/mol. The fourth-order valence-corrected chi connectivity index (χ4v) is 3.18. The van der Waals surface area contributed by atoms with Gasteiger partial charge in [0, 0.05) is 25.2 Å². The number of Topliss-reactive ketones (excluding diaryl/α,β-unsaturated/α-hetero) is 1. The van der Waals surface area contributed by atoms with Gasteiger partial charge in [-0.1, -0.05) is 6.07 Å². The summed E-state index contributed by atoms with van der Waals surface area (Å²) in [5, 5.41) is 28.8. The number of aliphatic hydroxyl groups excluding tert-OH is 3. The van der Waals surface area contributed by atoms with Crippen LogP contribution in [0.1, 0.15) is 22.0 Å². The number of ketones is 1. The zero-order valence-electron chi connectivity index (χ0n) is 18.6. The van der Waals surface area contributed by atoms with Crippen molar-refractivity contribution in [2.45, 2.75) is 6.10 Å². The summed E-state index contributed by atoms with van der Waals surface area (Å²) in [6.45, 7) is 1.65. The Morgan fingerprint density at radius 2 is 1.44 bits per heavy atom. The van der Waals surface area contributed by atoms with Gasteiger partial charge in [0.1, 0.15) is 12.7 Å². The van der Waals surface area contributed by atoms with E-state index in [0.29, 0.717) is 54.8 Å². The van der Waals surface area contributed by atoms with Gasteiger partial charge in [0.15, 0.2) is 28.8 Å². The molecule has 2 aromatic rings. The van der Waals surface area contributed by atoms with Crippen LogP contribution in [0, 0.1) is 0 Å². The Hall–Kier alpha value is -2.85. The molecule has 9 nitrogen and oxygen atoms in total. The van der Waals surface area contributed by atoms with Crippen LogP contribution in [-0.2, 0) is 0 Å². The lowest BCUT2D eigenvalue weighted by Crippen LogP contribution is -2.33. The fourth-order valence-electron chi connectivity index (χ4n) is 3.18. The zero-order chi connectivity index (χ0) is 23.5. The van der Waals surface area contributed by atoms with Crippen LogP contribution in [0.25, 0.3) is 0 Å². The molecule has 0 fully saturated rings. The van der Waals surface area contributed by atoms with Gasteiger partial charge in [0.25, 0.3) is 0 Å². The number of methoxy groups -OCH3 is 3. The Morgan fingerprint density at radius 3 is 2.03 bits per heavy atom. The molecule has 0 aromatic heterocycles. The predicted molar refractivity (Wildman–Crippen MR) is 118 cm³/mol. The summed E-state index contributed by atoms with van der Waals surface area (Å²) in [5.74, 6) is 1.20. The van der Waals surface area contributed by atoms with Crippen molar-refractivity contribution in [3.05, 3.63) is 47.5 Å². The highest BCUT2D eigenvalue weighted by atomic mass is 16.5. The van der Waals surface area contributed by atoms with E-state index in [1.54, 1.807) is 30.3 Å². The largest absolute Gasteiger partial charge is 0.493 e. The summed E-state index contributed by atoms with van der Waals surface area (Å²) in [5.41, 5.74) is 0.637. The highest BCUT2D eigenvalue weighted by Gasteiger charge is 2.22. The van der Waals surface area contributed by atoms with E-state index >= 15 is 0 Å². The number of rotatable bonds is 14. The summed E-state index contributed by atoms with van der Waals surface area (Å²) in [4.78, 5) is 14.7. The monoisotopic (exact) mass is 449 g/mol. The lowest BCUT2D eigenvalue weighted by Gasteiger charge is -2.20. The van der Waals surface area contributed by atoms with Gasteiger partial charge in [-0.05, 0) is 35.9 Å². The van der Waals surface area contributed by atoms with E-state index in [-0.39, 0.29) is 18.8 Å². The van der Waals surface area contributed by atoms with Crippen molar-refractivity contribution in [3.63, 3.8) is 0 Å². The van der Waals surface area contributed by atoms with Crippen molar-refractivity contribution in [2.24, 2.45) is 0 Å². The average Bonchev–Trinajstić information content (AvgIpc) is 2.82. The summed E-state index contributed by atoms with van der Waals surface area (Å²) in [6.07, 6.45) is -1.39. The standard InChI is InChI=1S/C23H31NO8/c1-29-18-6-4-16(14-20(18)30-2)22(27)23(28)17-5-7-19(21(15-17)31-3)32-13-10-24(8-11-25)9-12-26/h4-7,14-15,22,25-27H,8-13H2,1-3H3. The first-order valence-corrected chi connectivity index (χ1v) is 10.2. The first-order chi connectivity index (χ1) is 15.5. The number of carbonyl (C=O) groups is 1. The second-order valence-electron chi connectivity index (χ2n) is 6.88. The zero-order valence-corrected chi connectivity index (χ0v) is 18.6. The molecule has 0 saturated heterocycles. The number of hydrogen-bond donors (Lipinski definition) is 3. The smallest absolute Gasteiger partial charge is 0.195 e. The van der Waals surface area contributed by atoms with Gasteiger partial charge in [-0.25, -0.2) is 0 Å². The van der Waals surface area contributed by atoms with Crippen molar-refractivity contribution in [2.75, 3.05) is 60.8 Å². The van der Waals surface area contributed by atoms with Gasteiger partial charge in [-0.2, -0.15) is 0 Å². The molecule has 9 heteroatoms. The summed E-state index contributed by atoms with van der Waals surface area (Å²) >= 11 is 0. The number of carbonyl (C=O) groups excluding carboxylic acids is 1. The maximum atomic E-state index is 12.9. The van der Waals surface area contributed by atoms with Crippen molar-refractivity contribution in [1.29, 1.82) is 0 Å². The van der Waals surface area contributed by atoms with Crippen LogP contribution in [0.4, 0.5) is 0 Å². The van der Waals surface area contributed by atoms with E-state index in [1.165, 1.54) is 27.4 Å². The Labute approximate surface area is 187 Å². The quantitative estimate of drug-likeness (QED) is 0.367. The molecule has 0 bridgehead atoms. The molecule has 0 aliphatic heterocycles. The van der Waals surface area contributed by atoms with Crippen LogP contribution in [0.2, 0.25) is 0 Å². The van der Waals surface area contributed by atoms with Crippen molar-refractivity contribution < 1.29 is 39.1 Å². The van der Waals surface area contributed by atoms with E-state index in [0.717, 1.165) is 0 Å². The lowest BCUT2D eigenvalue weighted by atomic mass is 9.99. The van der Waals surface area contributed by atoms with Gasteiger partial charge in [-0.15, -0.1) is 0 Å². The van der Waals surface area contributed by atoms with Crippen molar-refractivity contribution in [1.82, 2.24) is 4.90 Å². The van der Waals surface area contributed by atoms with Crippen molar-refractivity contribution >= 4 is 5.78 Å². The molecule has 0 amide bonds. The molecular formula is C23H31NO8. The normalized spacial score (nSPS) is 11.8. The van der Waals surface area contributed by atoms with E-state index in [2.05, 4.69) is 0 Å². The first kappa shape index (κ1) is 25.4. The summed E-state index contributed by atoms with van der Waals surface area (Å²) in [6, 6.07) is 9.46. The number of aliphatic hydroxyl groups is 3. The van der Waals surface area contributed by atoms with E-state index in [4.69, 9.17) is 29.2 Å². The molecule has 176 valence electrons. The fraction of sp³-hybridized carbons (Fsp3) is 0.435. The molecule has 0 aliphatic rings. The lowest BCUT2D eigenvalue weighted by molar-refractivity contribution is 0.0746. The van der Waals surface area contributed by atoms with Crippen LogP contribution in [-0.4, -0.2) is 86.8 Å². The van der Waals surface area contributed by atoms with Crippen LogP contribution in [0.15, 0.2) is 36.4 Å². The van der Waals surface area contributed by atoms with E-state index in [9.17, 15) is 9.90 Å². The summed E-state index contributed by atoms with van der Waals surface area (Å²) < 4.78 is 21.5. The Kier molecular flexibility index (Phi) is 10.2. The third-order valence-electron chi connectivity index (χ3n) is 4.92. The second kappa shape index (κ2) is 12.9. The number of ether oxygens (including phenoxy) is 4. The number of benzene rings is 2. The predicted octanol–water partition coefficient (Wildman–Crippen LogP) is 1.29. The highest BCUT2D eigenvalue weighted by molar-refractivity contribution is 6.00. The van der Waals surface area contributed by atoms with Gasteiger partial charge in [0.05, 0.1) is 34.5 Å². The minimum Gasteiger partial charge on any atom is -0.493 e. The summed E-state index contributed by atoms with van der Waals surface area (Å²) in [7, 11) is 4.45. The van der Waals surface area contributed by atoms with Gasteiger partial charge in [-0.3, -0.25) is 9.69 Å². The number of nitrogens with zero attached hydrogens (tertiary/aromatic N) is 1. The molecule has 1 atom stereocenters. The molecule has 3 N–H and O–H groups in total. The maximum Gasteiger partial charge on any atom is 0.195 e. The van der Waals surface area contributed by atoms with Crippen molar-refractivity contribution in [3.8, 4) is 23.0 Å². The minimum atomic E-state index is -1.39. The molecule has 2 aromatic carbocycles. The van der Waals surface area contributed by atoms with Crippen LogP contribution < -0.4 is 18.9 Å². The first-order valence-electron chi connectivity index (χ1n) is 10.2. The highest BCUT2D eigenvalue weighted by Crippen LogP contribution is 2.33. The molecule has 32 heavy (non-hydrogen) atoms. The Bertz CT molecular complexity index is 867. The van der Waals surface area contributed by atoms with Crippen LogP contribution in [0.3, 0.4) is 0 Å². The maximum absolute atomic E-state index is 12.9. The van der Waals surface area contributed by atoms with Gasteiger partial charge >= 0.3 is 0 Å². The molecule has 2 rings (SSSR count). The van der Waals surface area contributed by atoms with Crippen LogP contribution in [0.5, 0.6) is 23.0 Å². The number of hydrogen-bond acceptors (Lipinski definition) is 9. The molecule has 0 aliphatic carbocycles. The SMILES string of the molecule is COc1ccc(C(O)C(=O)c2ccc(OCCN(CCO)CCO)c(OC)c2)cc1OC. The Balaban J connectivity index is 2.11. The minimum absolute atomic E-state index is 0.0114. The topological polar surface area (TPSA) is 118 Å². The molecule has 0 radical (unpaired) electrons. The van der Waals surface area contributed by atoms with E-state index < -0.39 is 11.9 Å². The van der Waals surface area contributed by atoms with E-state index in [1.807, 2.05) is 4.90 Å². The van der Waals surface area contributed by atoms with Gasteiger partial charge in [0.2, 0.25) is 0 Å². The molecule has 1 unspecified atom stereocenters. The van der Waals surface area contributed by atoms with Crippen LogP contribution >= 0.6 is 0 Å². The third kappa shape index (κ3) is 6.57. The molecule has 0 spiro atoms. The third-order valence-corrected chi connectivity index (χ3v) is 4.92. The second-order valence-corrected chi connectivity index (χ2v) is 6.88. The molecule has 0 saturated carbocycles. The Morgan fingerprint density at radius 1 is 0.844 bits per heavy atom. The van der Waals surface area contributed by atoms with Gasteiger partial charge < -0.3 is 34.3 Å². The average molecular weight is 450 g/mol. The molecule has 0 heterocycles.